The van der Waals surface area contributed by atoms with Crippen LogP contribution in [0.15, 0.2) is 12.4 Å². The van der Waals surface area contributed by atoms with Crippen LogP contribution in [0.5, 0.6) is 0 Å². The Kier molecular flexibility index (Phi) is 1.95. The first kappa shape index (κ1) is 8.74. The minimum atomic E-state index is 0.471. The zero-order valence-corrected chi connectivity index (χ0v) is 8.18. The van der Waals surface area contributed by atoms with Crippen LogP contribution in [-0.2, 0) is 13.6 Å². The summed E-state index contributed by atoms with van der Waals surface area (Å²) in [6.45, 7) is 2.48. The van der Waals surface area contributed by atoms with Crippen molar-refractivity contribution in [1.29, 1.82) is 0 Å². The van der Waals surface area contributed by atoms with Gasteiger partial charge in [-0.2, -0.15) is 0 Å². The van der Waals surface area contributed by atoms with Crippen molar-refractivity contribution in [3.63, 3.8) is 0 Å². The van der Waals surface area contributed by atoms with Gasteiger partial charge < -0.3 is 10.3 Å². The monoisotopic (exact) mass is 192 g/mol. The minimum absolute atomic E-state index is 0.471. The lowest BCUT2D eigenvalue weighted by molar-refractivity contribution is 0.594. The van der Waals surface area contributed by atoms with E-state index in [2.05, 4.69) is 15.3 Å². The van der Waals surface area contributed by atoms with Gasteiger partial charge in [0.1, 0.15) is 12.4 Å². The van der Waals surface area contributed by atoms with Crippen LogP contribution in [-0.4, -0.2) is 24.5 Å². The smallest absolute Gasteiger partial charge is 0.168 e. The average molecular weight is 192 g/mol. The van der Waals surface area contributed by atoms with Crippen molar-refractivity contribution in [1.82, 2.24) is 24.5 Å². The molecule has 0 atom stereocenters. The summed E-state index contributed by atoms with van der Waals surface area (Å²) in [6.07, 6.45) is 3.65. The maximum atomic E-state index is 5.59. The molecule has 0 radical (unpaired) electrons. The van der Waals surface area contributed by atoms with Gasteiger partial charge in [-0.1, -0.05) is 5.21 Å². The van der Waals surface area contributed by atoms with Gasteiger partial charge in [0.15, 0.2) is 5.82 Å². The predicted octanol–water partition coefficient (Wildman–Crippen LogP) is -0.0495. The van der Waals surface area contributed by atoms with E-state index < -0.39 is 0 Å². The summed E-state index contributed by atoms with van der Waals surface area (Å²) in [5.74, 6) is 1.40. The topological polar surface area (TPSA) is 74.6 Å². The van der Waals surface area contributed by atoms with Crippen molar-refractivity contribution < 1.29 is 0 Å². The molecule has 0 amide bonds. The Morgan fingerprint density at radius 1 is 1.50 bits per heavy atom. The van der Waals surface area contributed by atoms with E-state index in [-0.39, 0.29) is 0 Å². The fraction of sp³-hybridized carbons (Fsp3) is 0.375. The lowest BCUT2D eigenvalue weighted by Gasteiger charge is -2.02. The number of hydrogen-bond donors (Lipinski definition) is 1. The van der Waals surface area contributed by atoms with Crippen molar-refractivity contribution in [2.45, 2.75) is 13.5 Å². The fourth-order valence-corrected chi connectivity index (χ4v) is 1.21. The number of nitrogen functional groups attached to an aromatic ring is 1. The molecule has 2 aromatic heterocycles. The van der Waals surface area contributed by atoms with Gasteiger partial charge in [0.2, 0.25) is 0 Å². The van der Waals surface area contributed by atoms with Gasteiger partial charge in [-0.15, -0.1) is 5.10 Å². The number of aryl methyl sites for hydroxylation is 1. The summed E-state index contributed by atoms with van der Waals surface area (Å²) in [5.41, 5.74) is 6.45. The van der Waals surface area contributed by atoms with Crippen LogP contribution >= 0.6 is 0 Å². The van der Waals surface area contributed by atoms with Crippen molar-refractivity contribution in [2.24, 2.45) is 7.05 Å². The maximum absolute atomic E-state index is 5.59. The molecular weight excluding hydrogens is 180 g/mol. The van der Waals surface area contributed by atoms with Gasteiger partial charge >= 0.3 is 0 Å². The van der Waals surface area contributed by atoms with E-state index in [4.69, 9.17) is 5.73 Å². The maximum Gasteiger partial charge on any atom is 0.168 e. The highest BCUT2D eigenvalue weighted by Crippen LogP contribution is 2.06. The number of imidazole rings is 1. The van der Waals surface area contributed by atoms with E-state index in [1.54, 1.807) is 10.9 Å². The molecule has 2 rings (SSSR count). The zero-order valence-electron chi connectivity index (χ0n) is 8.18. The number of aromatic nitrogens is 5. The van der Waals surface area contributed by atoms with E-state index in [1.165, 1.54) is 0 Å². The highest BCUT2D eigenvalue weighted by molar-refractivity contribution is 5.31. The highest BCUT2D eigenvalue weighted by atomic mass is 15.4. The molecule has 0 aliphatic rings. The molecule has 2 aromatic rings. The van der Waals surface area contributed by atoms with Crippen LogP contribution < -0.4 is 5.73 Å². The second-order valence-corrected chi connectivity index (χ2v) is 3.17. The quantitative estimate of drug-likeness (QED) is 0.724. The van der Waals surface area contributed by atoms with E-state index in [0.29, 0.717) is 12.4 Å². The molecule has 6 heteroatoms. The third kappa shape index (κ3) is 1.34. The first-order valence-electron chi connectivity index (χ1n) is 4.30. The molecule has 0 bridgehead atoms. The number of nitrogens with zero attached hydrogens (tertiary/aromatic N) is 5. The second kappa shape index (κ2) is 3.13. The Bertz CT molecular complexity index is 440. The van der Waals surface area contributed by atoms with Crippen molar-refractivity contribution >= 4 is 5.82 Å². The van der Waals surface area contributed by atoms with Gasteiger partial charge in [0, 0.05) is 19.4 Å². The van der Waals surface area contributed by atoms with Crippen molar-refractivity contribution in [3.05, 3.63) is 23.9 Å². The van der Waals surface area contributed by atoms with Crippen LogP contribution in [0.25, 0.3) is 0 Å². The molecule has 0 spiro atoms. The van der Waals surface area contributed by atoms with Gasteiger partial charge in [-0.25, -0.2) is 9.67 Å². The Labute approximate surface area is 81.4 Å². The molecule has 74 valence electrons. The average Bonchev–Trinajstić information content (AvgIpc) is 2.68. The third-order valence-corrected chi connectivity index (χ3v) is 2.23. The Balaban J connectivity index is 2.27. The largest absolute Gasteiger partial charge is 0.381 e. The number of rotatable bonds is 2. The molecule has 0 aliphatic carbocycles. The van der Waals surface area contributed by atoms with Crippen molar-refractivity contribution in [2.75, 3.05) is 5.73 Å². The first-order chi connectivity index (χ1) is 6.68. The molecule has 6 nitrogen and oxygen atoms in total. The summed E-state index contributed by atoms with van der Waals surface area (Å²) in [5, 5.41) is 7.70. The Morgan fingerprint density at radius 3 is 2.79 bits per heavy atom. The number of hydrogen-bond acceptors (Lipinski definition) is 4. The normalized spacial score (nSPS) is 10.7. The fourth-order valence-electron chi connectivity index (χ4n) is 1.21. The molecule has 0 fully saturated rings. The molecule has 0 saturated heterocycles. The molecule has 14 heavy (non-hydrogen) atoms. The van der Waals surface area contributed by atoms with Crippen LogP contribution in [0, 0.1) is 6.92 Å². The van der Waals surface area contributed by atoms with Gasteiger partial charge in [-0.3, -0.25) is 0 Å². The molecule has 2 heterocycles. The Morgan fingerprint density at radius 2 is 2.29 bits per heavy atom. The first-order valence-corrected chi connectivity index (χ1v) is 4.30. The zero-order chi connectivity index (χ0) is 10.1. The molecule has 2 N–H and O–H groups in total. The number of nitrogens with two attached hydrogens (primary N) is 1. The minimum Gasteiger partial charge on any atom is -0.381 e. The van der Waals surface area contributed by atoms with Gasteiger partial charge in [-0.05, 0) is 6.92 Å². The highest BCUT2D eigenvalue weighted by Gasteiger charge is 2.07. The van der Waals surface area contributed by atoms with Crippen LogP contribution in [0.3, 0.4) is 0 Å². The lowest BCUT2D eigenvalue weighted by Crippen LogP contribution is -2.08. The standard InChI is InChI=1S/C8H12N6/c1-6-8(9)11-12-14(6)5-7-10-3-4-13(7)2/h3-4H,5,9H2,1-2H3. The summed E-state index contributed by atoms with van der Waals surface area (Å²) in [6, 6.07) is 0. The summed E-state index contributed by atoms with van der Waals surface area (Å²) in [4.78, 5) is 4.19. The summed E-state index contributed by atoms with van der Waals surface area (Å²) < 4.78 is 3.68. The molecule has 0 unspecified atom stereocenters. The van der Waals surface area contributed by atoms with E-state index in [9.17, 15) is 0 Å². The lowest BCUT2D eigenvalue weighted by atomic mass is 10.4. The van der Waals surface area contributed by atoms with Crippen LogP contribution in [0.4, 0.5) is 5.82 Å². The SMILES string of the molecule is Cc1c(N)nnn1Cc1nccn1C. The van der Waals surface area contributed by atoms with E-state index >= 15 is 0 Å². The summed E-state index contributed by atoms with van der Waals surface area (Å²) >= 11 is 0. The molecule has 0 aromatic carbocycles. The summed E-state index contributed by atoms with van der Waals surface area (Å²) in [7, 11) is 1.94. The van der Waals surface area contributed by atoms with Crippen molar-refractivity contribution in [3.8, 4) is 0 Å². The molecule has 0 saturated carbocycles. The molecular formula is C8H12N6. The van der Waals surface area contributed by atoms with E-state index in [1.807, 2.05) is 24.7 Å². The van der Waals surface area contributed by atoms with Crippen LogP contribution in [0.1, 0.15) is 11.5 Å². The molecule has 0 aliphatic heterocycles. The Hall–Kier alpha value is -1.85. The van der Waals surface area contributed by atoms with E-state index in [0.717, 1.165) is 11.5 Å². The van der Waals surface area contributed by atoms with Crippen LogP contribution in [0.2, 0.25) is 0 Å². The number of anilines is 1. The third-order valence-electron chi connectivity index (χ3n) is 2.23. The van der Waals surface area contributed by atoms with Gasteiger partial charge in [0.05, 0.1) is 5.69 Å². The second-order valence-electron chi connectivity index (χ2n) is 3.17. The van der Waals surface area contributed by atoms with Gasteiger partial charge in [0.25, 0.3) is 0 Å². The predicted molar refractivity (Wildman–Crippen MR) is 51.5 cm³/mol.